The summed E-state index contributed by atoms with van der Waals surface area (Å²) in [7, 11) is 1.50. The fourth-order valence-corrected chi connectivity index (χ4v) is 2.23. The monoisotopic (exact) mass is 335 g/mol. The SMILES string of the molecule is CNC(=O)NCCC1=NCCc2ccc(C(F)(F)F)cc21.Cl. The summed E-state index contributed by atoms with van der Waals surface area (Å²) in [6.07, 6.45) is -3.32. The van der Waals surface area contributed by atoms with Gasteiger partial charge in [-0.15, -0.1) is 12.4 Å². The van der Waals surface area contributed by atoms with E-state index in [1.165, 1.54) is 13.1 Å². The molecule has 0 bridgehead atoms. The number of halogens is 4. The van der Waals surface area contributed by atoms with E-state index in [4.69, 9.17) is 0 Å². The van der Waals surface area contributed by atoms with Gasteiger partial charge in [0.15, 0.2) is 0 Å². The lowest BCUT2D eigenvalue weighted by atomic mass is 9.94. The summed E-state index contributed by atoms with van der Waals surface area (Å²) < 4.78 is 38.4. The van der Waals surface area contributed by atoms with Crippen molar-refractivity contribution in [1.82, 2.24) is 10.6 Å². The van der Waals surface area contributed by atoms with Crippen LogP contribution in [0.25, 0.3) is 0 Å². The Kier molecular flexibility index (Phi) is 6.22. The zero-order valence-electron chi connectivity index (χ0n) is 12.0. The third kappa shape index (κ3) is 4.37. The molecule has 1 aromatic carbocycles. The molecule has 2 amide bonds. The van der Waals surface area contributed by atoms with Crippen molar-refractivity contribution >= 4 is 24.1 Å². The minimum atomic E-state index is -4.36. The van der Waals surface area contributed by atoms with Crippen LogP contribution in [0.1, 0.15) is 23.1 Å². The molecule has 2 rings (SSSR count). The normalized spacial score (nSPS) is 13.5. The van der Waals surface area contributed by atoms with E-state index in [0.29, 0.717) is 37.2 Å². The van der Waals surface area contributed by atoms with Gasteiger partial charge in [-0.05, 0) is 29.7 Å². The zero-order chi connectivity index (χ0) is 15.5. The fourth-order valence-electron chi connectivity index (χ4n) is 2.23. The summed E-state index contributed by atoms with van der Waals surface area (Å²) in [5.74, 6) is 0. The maximum atomic E-state index is 12.8. The number of nitrogens with one attached hydrogen (secondary N) is 2. The molecular weight excluding hydrogens is 319 g/mol. The minimum absolute atomic E-state index is 0. The summed E-state index contributed by atoms with van der Waals surface area (Å²) >= 11 is 0. The third-order valence-corrected chi connectivity index (χ3v) is 3.31. The lowest BCUT2D eigenvalue weighted by Crippen LogP contribution is -2.34. The number of hydrogen-bond acceptors (Lipinski definition) is 2. The summed E-state index contributed by atoms with van der Waals surface area (Å²) in [5, 5.41) is 5.01. The first-order valence-corrected chi connectivity index (χ1v) is 6.61. The maximum Gasteiger partial charge on any atom is 0.416 e. The van der Waals surface area contributed by atoms with Crippen LogP contribution < -0.4 is 10.6 Å². The summed E-state index contributed by atoms with van der Waals surface area (Å²) in [6, 6.07) is 3.44. The van der Waals surface area contributed by atoms with Crippen LogP contribution in [-0.2, 0) is 12.6 Å². The van der Waals surface area contributed by atoms with Crippen LogP contribution in [0.5, 0.6) is 0 Å². The van der Waals surface area contributed by atoms with Crippen LogP contribution >= 0.6 is 12.4 Å². The minimum Gasteiger partial charge on any atom is -0.341 e. The molecule has 8 heteroatoms. The molecule has 1 aliphatic rings. The Hall–Kier alpha value is -1.76. The van der Waals surface area contributed by atoms with E-state index in [-0.39, 0.29) is 18.4 Å². The quantitative estimate of drug-likeness (QED) is 0.877. The third-order valence-electron chi connectivity index (χ3n) is 3.31. The highest BCUT2D eigenvalue weighted by Gasteiger charge is 2.31. The smallest absolute Gasteiger partial charge is 0.341 e. The molecule has 0 saturated carbocycles. The highest BCUT2D eigenvalue weighted by atomic mass is 35.5. The van der Waals surface area contributed by atoms with Gasteiger partial charge >= 0.3 is 12.2 Å². The number of hydrogen-bond donors (Lipinski definition) is 2. The van der Waals surface area contributed by atoms with Crippen LogP contribution in [0, 0.1) is 0 Å². The number of alkyl halides is 3. The highest BCUT2D eigenvalue weighted by molar-refractivity contribution is 6.03. The van der Waals surface area contributed by atoms with Crippen molar-refractivity contribution in [2.24, 2.45) is 4.99 Å². The van der Waals surface area contributed by atoms with E-state index in [0.717, 1.165) is 17.7 Å². The lowest BCUT2D eigenvalue weighted by Gasteiger charge is -2.19. The van der Waals surface area contributed by atoms with Crippen molar-refractivity contribution in [2.45, 2.75) is 19.0 Å². The van der Waals surface area contributed by atoms with Crippen LogP contribution in [-0.4, -0.2) is 31.9 Å². The Morgan fingerprint density at radius 3 is 2.73 bits per heavy atom. The Morgan fingerprint density at radius 1 is 1.36 bits per heavy atom. The second-order valence-corrected chi connectivity index (χ2v) is 4.70. The molecule has 0 atom stereocenters. The first-order valence-electron chi connectivity index (χ1n) is 6.61. The van der Waals surface area contributed by atoms with Crippen molar-refractivity contribution in [3.05, 3.63) is 34.9 Å². The number of rotatable bonds is 3. The molecule has 0 saturated heterocycles. The van der Waals surface area contributed by atoms with E-state index in [1.54, 1.807) is 0 Å². The van der Waals surface area contributed by atoms with Crippen LogP contribution in [0.15, 0.2) is 23.2 Å². The molecule has 122 valence electrons. The van der Waals surface area contributed by atoms with Gasteiger partial charge in [0.05, 0.1) is 5.56 Å². The summed E-state index contributed by atoms with van der Waals surface area (Å²) in [5.41, 5.74) is 1.34. The molecule has 22 heavy (non-hydrogen) atoms. The topological polar surface area (TPSA) is 53.5 Å². The second kappa shape index (κ2) is 7.49. The standard InChI is InChI=1S/C14H16F3N3O.ClH/c1-18-13(21)20-7-5-12-11-8-10(14(15,16)17)3-2-9(11)4-6-19-12;/h2-3,8H,4-7H2,1H3,(H2,18,20,21);1H. The van der Waals surface area contributed by atoms with Gasteiger partial charge in [0, 0.05) is 32.3 Å². The number of fused-ring (bicyclic) bond motifs is 1. The Labute approximate surface area is 132 Å². The number of nitrogens with zero attached hydrogens (tertiary/aromatic N) is 1. The largest absolute Gasteiger partial charge is 0.416 e. The molecule has 0 fully saturated rings. The molecule has 1 aromatic rings. The Balaban J connectivity index is 0.00000242. The van der Waals surface area contributed by atoms with Gasteiger partial charge in [0.25, 0.3) is 0 Å². The first kappa shape index (κ1) is 18.3. The van der Waals surface area contributed by atoms with Gasteiger partial charge in [-0.1, -0.05) is 6.07 Å². The molecule has 4 nitrogen and oxygen atoms in total. The number of aliphatic imine (C=N–C) groups is 1. The van der Waals surface area contributed by atoms with Crippen LogP contribution in [0.2, 0.25) is 0 Å². The van der Waals surface area contributed by atoms with E-state index in [2.05, 4.69) is 15.6 Å². The number of urea groups is 1. The van der Waals surface area contributed by atoms with E-state index in [1.807, 2.05) is 0 Å². The molecule has 0 unspecified atom stereocenters. The van der Waals surface area contributed by atoms with Crippen molar-refractivity contribution in [3.8, 4) is 0 Å². The predicted molar refractivity (Wildman–Crippen MR) is 80.9 cm³/mol. The molecule has 1 heterocycles. The van der Waals surface area contributed by atoms with Crippen molar-refractivity contribution in [1.29, 1.82) is 0 Å². The van der Waals surface area contributed by atoms with Crippen molar-refractivity contribution in [2.75, 3.05) is 20.1 Å². The summed E-state index contributed by atoms with van der Waals surface area (Å²) in [6.45, 7) is 0.891. The van der Waals surface area contributed by atoms with Crippen LogP contribution in [0.4, 0.5) is 18.0 Å². The molecule has 0 radical (unpaired) electrons. The summed E-state index contributed by atoms with van der Waals surface area (Å²) in [4.78, 5) is 15.4. The number of amides is 2. The van der Waals surface area contributed by atoms with Gasteiger partial charge in [0.1, 0.15) is 0 Å². The van der Waals surface area contributed by atoms with Gasteiger partial charge < -0.3 is 10.6 Å². The van der Waals surface area contributed by atoms with Crippen molar-refractivity contribution < 1.29 is 18.0 Å². The van der Waals surface area contributed by atoms with Crippen LogP contribution in [0.3, 0.4) is 0 Å². The van der Waals surface area contributed by atoms with E-state index < -0.39 is 11.7 Å². The average molecular weight is 336 g/mol. The molecule has 1 aliphatic heterocycles. The molecule has 2 N–H and O–H groups in total. The highest BCUT2D eigenvalue weighted by Crippen LogP contribution is 2.31. The Bertz CT molecular complexity index is 573. The lowest BCUT2D eigenvalue weighted by molar-refractivity contribution is -0.137. The second-order valence-electron chi connectivity index (χ2n) is 4.70. The predicted octanol–water partition coefficient (Wildman–Crippen LogP) is 2.79. The van der Waals surface area contributed by atoms with Gasteiger partial charge in [-0.2, -0.15) is 13.2 Å². The first-order chi connectivity index (χ1) is 9.91. The fraction of sp³-hybridized carbons (Fsp3) is 0.429. The maximum absolute atomic E-state index is 12.8. The molecular formula is C14H17ClF3N3O. The molecule has 0 aromatic heterocycles. The van der Waals surface area contributed by atoms with E-state index >= 15 is 0 Å². The van der Waals surface area contributed by atoms with E-state index in [9.17, 15) is 18.0 Å². The Morgan fingerprint density at radius 2 is 2.09 bits per heavy atom. The van der Waals surface area contributed by atoms with Gasteiger partial charge in [0.2, 0.25) is 0 Å². The number of benzene rings is 1. The molecule has 0 aliphatic carbocycles. The molecule has 0 spiro atoms. The zero-order valence-corrected chi connectivity index (χ0v) is 12.8. The van der Waals surface area contributed by atoms with Gasteiger partial charge in [-0.25, -0.2) is 4.79 Å². The number of carbonyl (C=O) groups excluding carboxylic acids is 1. The van der Waals surface area contributed by atoms with Crippen molar-refractivity contribution in [3.63, 3.8) is 0 Å². The number of carbonyl (C=O) groups is 1. The average Bonchev–Trinajstić information content (AvgIpc) is 2.45. The van der Waals surface area contributed by atoms with Gasteiger partial charge in [-0.3, -0.25) is 4.99 Å².